The van der Waals surface area contributed by atoms with E-state index in [1.807, 2.05) is 20.8 Å². The normalized spacial score (nSPS) is 42.3. The molecule has 1 aliphatic rings. The van der Waals surface area contributed by atoms with E-state index in [0.29, 0.717) is 0 Å². The Morgan fingerprint density at radius 2 is 1.67 bits per heavy atom. The zero-order valence-electron chi connectivity index (χ0n) is 6.43. The molecule has 0 aliphatic carbocycles. The van der Waals surface area contributed by atoms with Crippen molar-refractivity contribution in [2.24, 2.45) is 0 Å². The number of aliphatic hydroxyl groups excluding tert-OH is 1. The van der Waals surface area contributed by atoms with Crippen molar-refractivity contribution in [2.75, 3.05) is 0 Å². The van der Waals surface area contributed by atoms with Crippen LogP contribution in [0.4, 0.5) is 0 Å². The molecule has 0 bridgehead atoms. The van der Waals surface area contributed by atoms with Crippen LogP contribution in [0.25, 0.3) is 0 Å². The van der Waals surface area contributed by atoms with Crippen LogP contribution in [0.2, 0.25) is 0 Å². The van der Waals surface area contributed by atoms with Crippen molar-refractivity contribution < 1.29 is 9.84 Å². The molecule has 1 heterocycles. The largest absolute Gasteiger partial charge is 0.390 e. The number of hydrogen-bond donors (Lipinski definition) is 1. The van der Waals surface area contributed by atoms with Crippen molar-refractivity contribution in [1.82, 2.24) is 0 Å². The topological polar surface area (TPSA) is 32.8 Å². The van der Waals surface area contributed by atoms with Gasteiger partial charge in [-0.3, -0.25) is 0 Å². The Labute approximate surface area is 55.8 Å². The molecule has 0 aromatic rings. The summed E-state index contributed by atoms with van der Waals surface area (Å²) in [6.45, 7) is 7.66. The zero-order chi connectivity index (χ0) is 7.28. The van der Waals surface area contributed by atoms with Crippen LogP contribution < -0.4 is 0 Å². The van der Waals surface area contributed by atoms with Crippen LogP contribution in [0.1, 0.15) is 27.7 Å². The van der Waals surface area contributed by atoms with Crippen molar-refractivity contribution in [3.8, 4) is 0 Å². The van der Waals surface area contributed by atoms with Crippen molar-refractivity contribution in [1.29, 1.82) is 0 Å². The highest BCUT2D eigenvalue weighted by Crippen LogP contribution is 2.49. The SMILES string of the molecule is C[C@H](O)[C@@]1(C)OC1(C)C. The van der Waals surface area contributed by atoms with Gasteiger partial charge in [0.2, 0.25) is 0 Å². The first-order chi connectivity index (χ1) is 3.90. The summed E-state index contributed by atoms with van der Waals surface area (Å²) < 4.78 is 5.30. The van der Waals surface area contributed by atoms with E-state index in [-0.39, 0.29) is 17.3 Å². The summed E-state index contributed by atoms with van der Waals surface area (Å²) in [5, 5.41) is 9.16. The van der Waals surface area contributed by atoms with E-state index in [0.717, 1.165) is 0 Å². The second kappa shape index (κ2) is 1.50. The minimum atomic E-state index is -0.368. The van der Waals surface area contributed by atoms with Crippen molar-refractivity contribution in [3.63, 3.8) is 0 Å². The Hall–Kier alpha value is -0.0800. The Kier molecular flexibility index (Phi) is 1.17. The van der Waals surface area contributed by atoms with Gasteiger partial charge in [0.1, 0.15) is 5.60 Å². The van der Waals surface area contributed by atoms with Crippen molar-refractivity contribution in [2.45, 2.75) is 45.0 Å². The molecule has 2 heteroatoms. The van der Waals surface area contributed by atoms with E-state index < -0.39 is 0 Å². The van der Waals surface area contributed by atoms with Gasteiger partial charge >= 0.3 is 0 Å². The molecular formula is C7H14O2. The van der Waals surface area contributed by atoms with Gasteiger partial charge in [0, 0.05) is 0 Å². The van der Waals surface area contributed by atoms with E-state index in [1.165, 1.54) is 0 Å². The molecule has 2 nitrogen and oxygen atoms in total. The highest BCUT2D eigenvalue weighted by molar-refractivity contribution is 5.10. The van der Waals surface area contributed by atoms with Crippen LogP contribution in [-0.2, 0) is 4.74 Å². The predicted molar refractivity (Wildman–Crippen MR) is 35.2 cm³/mol. The number of epoxide rings is 1. The summed E-state index contributed by atoms with van der Waals surface area (Å²) >= 11 is 0. The second-order valence-electron chi connectivity index (χ2n) is 3.40. The molecule has 9 heavy (non-hydrogen) atoms. The van der Waals surface area contributed by atoms with Gasteiger partial charge in [0.25, 0.3) is 0 Å². The maximum absolute atomic E-state index is 9.16. The van der Waals surface area contributed by atoms with Crippen molar-refractivity contribution >= 4 is 0 Å². The van der Waals surface area contributed by atoms with Crippen molar-refractivity contribution in [3.05, 3.63) is 0 Å². The average Bonchev–Trinajstić information content (AvgIpc) is 2.08. The number of ether oxygens (including phenoxy) is 1. The molecule has 0 amide bonds. The fourth-order valence-corrected chi connectivity index (χ4v) is 1.09. The molecule has 1 N–H and O–H groups in total. The van der Waals surface area contributed by atoms with E-state index in [4.69, 9.17) is 9.84 Å². The Morgan fingerprint density at radius 3 is 1.67 bits per heavy atom. The molecule has 1 saturated heterocycles. The lowest BCUT2D eigenvalue weighted by Gasteiger charge is -2.10. The Bertz CT molecular complexity index is 129. The molecule has 54 valence electrons. The van der Waals surface area contributed by atoms with Crippen LogP contribution in [-0.4, -0.2) is 22.4 Å². The molecule has 0 aromatic heterocycles. The van der Waals surface area contributed by atoms with E-state index in [9.17, 15) is 0 Å². The van der Waals surface area contributed by atoms with Gasteiger partial charge in [0.05, 0.1) is 11.7 Å². The summed E-state index contributed by atoms with van der Waals surface area (Å²) in [4.78, 5) is 0. The van der Waals surface area contributed by atoms with Crippen LogP contribution in [0, 0.1) is 0 Å². The average molecular weight is 130 g/mol. The lowest BCUT2D eigenvalue weighted by atomic mass is 9.93. The molecule has 0 radical (unpaired) electrons. The first-order valence-corrected chi connectivity index (χ1v) is 3.28. The molecule has 1 rings (SSSR count). The lowest BCUT2D eigenvalue weighted by molar-refractivity contribution is 0.100. The molecule has 2 atom stereocenters. The third-order valence-electron chi connectivity index (χ3n) is 2.42. The molecule has 1 fully saturated rings. The number of hydrogen-bond acceptors (Lipinski definition) is 2. The maximum atomic E-state index is 9.16. The minimum absolute atomic E-state index is 0.124. The monoisotopic (exact) mass is 130 g/mol. The first kappa shape index (κ1) is 7.03. The summed E-state index contributed by atoms with van der Waals surface area (Å²) in [5.74, 6) is 0. The Morgan fingerprint density at radius 1 is 1.33 bits per heavy atom. The third-order valence-corrected chi connectivity index (χ3v) is 2.42. The fourth-order valence-electron chi connectivity index (χ4n) is 1.09. The van der Waals surface area contributed by atoms with Crippen LogP contribution in [0.3, 0.4) is 0 Å². The molecule has 0 aromatic carbocycles. The second-order valence-corrected chi connectivity index (χ2v) is 3.40. The van der Waals surface area contributed by atoms with Gasteiger partial charge in [-0.1, -0.05) is 0 Å². The number of rotatable bonds is 1. The summed E-state index contributed by atoms with van der Waals surface area (Å²) in [6.07, 6.45) is -0.368. The zero-order valence-corrected chi connectivity index (χ0v) is 6.43. The van der Waals surface area contributed by atoms with Gasteiger partial charge in [-0.25, -0.2) is 0 Å². The van der Waals surface area contributed by atoms with Gasteiger partial charge in [0.15, 0.2) is 0 Å². The third kappa shape index (κ3) is 0.775. The molecular weight excluding hydrogens is 116 g/mol. The maximum Gasteiger partial charge on any atom is 0.120 e. The van der Waals surface area contributed by atoms with Gasteiger partial charge < -0.3 is 9.84 Å². The molecule has 0 spiro atoms. The van der Waals surface area contributed by atoms with E-state index in [2.05, 4.69) is 0 Å². The standard InChI is InChI=1S/C7H14O2/c1-5(8)7(4)6(2,3)9-7/h5,8H,1-4H3/t5-,7+/m0/s1. The highest BCUT2D eigenvalue weighted by atomic mass is 16.6. The summed E-state index contributed by atoms with van der Waals surface area (Å²) in [7, 11) is 0. The lowest BCUT2D eigenvalue weighted by Crippen LogP contribution is -2.29. The minimum Gasteiger partial charge on any atom is -0.390 e. The van der Waals surface area contributed by atoms with E-state index >= 15 is 0 Å². The molecule has 1 aliphatic heterocycles. The number of aliphatic hydroxyl groups is 1. The first-order valence-electron chi connectivity index (χ1n) is 3.28. The Balaban J connectivity index is 2.63. The highest BCUT2D eigenvalue weighted by Gasteiger charge is 2.62. The van der Waals surface area contributed by atoms with Gasteiger partial charge in [-0.05, 0) is 27.7 Å². The smallest absolute Gasteiger partial charge is 0.120 e. The van der Waals surface area contributed by atoms with Crippen LogP contribution in [0.15, 0.2) is 0 Å². The van der Waals surface area contributed by atoms with Crippen LogP contribution >= 0.6 is 0 Å². The molecule has 0 unspecified atom stereocenters. The van der Waals surface area contributed by atoms with Crippen LogP contribution in [0.5, 0.6) is 0 Å². The van der Waals surface area contributed by atoms with E-state index in [1.54, 1.807) is 6.92 Å². The predicted octanol–water partition coefficient (Wildman–Crippen LogP) is 0.935. The summed E-state index contributed by atoms with van der Waals surface area (Å²) in [5.41, 5.74) is -0.422. The molecule has 0 saturated carbocycles. The van der Waals surface area contributed by atoms with Gasteiger partial charge in [-0.15, -0.1) is 0 Å². The summed E-state index contributed by atoms with van der Waals surface area (Å²) in [6, 6.07) is 0. The quantitative estimate of drug-likeness (QED) is 0.536. The van der Waals surface area contributed by atoms with Gasteiger partial charge in [-0.2, -0.15) is 0 Å². The fraction of sp³-hybridized carbons (Fsp3) is 1.00.